The largest absolute Gasteiger partial charge is 0.394 e. The summed E-state index contributed by atoms with van der Waals surface area (Å²) in [5, 5.41) is 8.85. The van der Waals surface area contributed by atoms with Gasteiger partial charge in [-0.3, -0.25) is 4.90 Å². The summed E-state index contributed by atoms with van der Waals surface area (Å²) in [7, 11) is 0. The number of ether oxygens (including phenoxy) is 1. The van der Waals surface area contributed by atoms with Crippen LogP contribution in [0.1, 0.15) is 11.0 Å². The van der Waals surface area contributed by atoms with Crippen molar-refractivity contribution in [2.75, 3.05) is 52.4 Å². The number of hydrogen-bond donors (Lipinski definition) is 1. The molecule has 5 nitrogen and oxygen atoms in total. The van der Waals surface area contributed by atoms with E-state index in [1.165, 1.54) is 9.80 Å². The average molecular weight is 388 g/mol. The summed E-state index contributed by atoms with van der Waals surface area (Å²) in [6.45, 7) is -3.42. The second-order valence-electron chi connectivity index (χ2n) is 6.20. The molecule has 0 aliphatic carbocycles. The molecule has 27 heavy (non-hydrogen) atoms. The fraction of sp³-hybridized carbons (Fsp3) is 0.381. The number of hydrogen-bond acceptors (Lipinski definition) is 6. The standard InChI is InChI=1S/C21H25N3O2S/c25-14-16-26-15-13-23-9-11-24(12-10-23)21-17-5-1-3-7-19(17)27-20-8-4-2-6-18(20)22-21/h1-8,25H,9-16H2/i9D2,11D2. The normalized spacial score (nSPS) is 23.0. The number of aliphatic hydroxyl groups is 1. The summed E-state index contributed by atoms with van der Waals surface area (Å²) in [5.74, 6) is 0.443. The van der Waals surface area contributed by atoms with Crippen LogP contribution < -0.4 is 0 Å². The zero-order valence-corrected chi connectivity index (χ0v) is 15.8. The first kappa shape index (κ1) is 14.2. The van der Waals surface area contributed by atoms with Gasteiger partial charge in [0.1, 0.15) is 5.84 Å². The molecule has 0 unspecified atom stereocenters. The fourth-order valence-corrected chi connectivity index (χ4v) is 4.02. The minimum atomic E-state index is -2.32. The zero-order chi connectivity index (χ0) is 22.1. The lowest BCUT2D eigenvalue weighted by molar-refractivity contribution is 0.0652. The van der Waals surface area contributed by atoms with Gasteiger partial charge in [-0.15, -0.1) is 0 Å². The van der Waals surface area contributed by atoms with Crippen LogP contribution in [0, 0.1) is 0 Å². The van der Waals surface area contributed by atoms with Crippen LogP contribution in [-0.2, 0) is 4.74 Å². The number of amidine groups is 1. The quantitative estimate of drug-likeness (QED) is 0.800. The van der Waals surface area contributed by atoms with Crippen LogP contribution in [0.25, 0.3) is 0 Å². The number of fused-ring (bicyclic) bond motifs is 2. The van der Waals surface area contributed by atoms with Crippen molar-refractivity contribution < 1.29 is 15.3 Å². The van der Waals surface area contributed by atoms with E-state index in [1.54, 1.807) is 11.8 Å². The summed E-state index contributed by atoms with van der Waals surface area (Å²) in [4.78, 5) is 9.68. The van der Waals surface area contributed by atoms with E-state index in [1.807, 2.05) is 48.5 Å². The van der Waals surface area contributed by atoms with Gasteiger partial charge >= 0.3 is 0 Å². The highest BCUT2D eigenvalue weighted by Gasteiger charge is 2.24. The molecule has 2 aromatic carbocycles. The van der Waals surface area contributed by atoms with Gasteiger partial charge in [0, 0.05) is 50.7 Å². The molecule has 0 spiro atoms. The molecular weight excluding hydrogens is 358 g/mol. The lowest BCUT2D eigenvalue weighted by atomic mass is 10.1. The summed E-state index contributed by atoms with van der Waals surface area (Å²) in [6.07, 6.45) is 0. The van der Waals surface area contributed by atoms with Gasteiger partial charge < -0.3 is 14.7 Å². The van der Waals surface area contributed by atoms with E-state index in [0.717, 1.165) is 21.0 Å². The van der Waals surface area contributed by atoms with Crippen LogP contribution in [0.15, 0.2) is 63.3 Å². The lowest BCUT2D eigenvalue weighted by Crippen LogP contribution is -2.49. The van der Waals surface area contributed by atoms with Crippen molar-refractivity contribution in [1.29, 1.82) is 0 Å². The third-order valence-electron chi connectivity index (χ3n) is 4.37. The van der Waals surface area contributed by atoms with E-state index in [4.69, 9.17) is 20.3 Å². The van der Waals surface area contributed by atoms with E-state index in [9.17, 15) is 0 Å². The maximum absolute atomic E-state index is 8.85. The number of piperazine rings is 1. The highest BCUT2D eigenvalue weighted by Crippen LogP contribution is 2.40. The number of benzene rings is 2. The first-order chi connectivity index (χ1) is 14.9. The first-order valence-electron chi connectivity index (χ1n) is 11.0. The maximum Gasteiger partial charge on any atom is 0.137 e. The lowest BCUT2D eigenvalue weighted by Gasteiger charge is -2.36. The molecule has 4 rings (SSSR count). The fourth-order valence-electron chi connectivity index (χ4n) is 3.01. The third-order valence-corrected chi connectivity index (χ3v) is 5.51. The van der Waals surface area contributed by atoms with Gasteiger partial charge in [-0.2, -0.15) is 0 Å². The van der Waals surface area contributed by atoms with E-state index in [-0.39, 0.29) is 32.9 Å². The molecule has 1 saturated heterocycles. The number of para-hydroxylation sites is 1. The van der Waals surface area contributed by atoms with E-state index in [2.05, 4.69) is 0 Å². The maximum atomic E-state index is 8.85. The van der Waals surface area contributed by atoms with Gasteiger partial charge in [-0.05, 0) is 18.2 Å². The Morgan fingerprint density at radius 2 is 1.85 bits per heavy atom. The molecule has 2 aromatic rings. The van der Waals surface area contributed by atoms with E-state index < -0.39 is 13.0 Å². The van der Waals surface area contributed by atoms with E-state index >= 15 is 0 Å². The topological polar surface area (TPSA) is 48.3 Å². The Hall–Kier alpha value is -1.86. The van der Waals surface area contributed by atoms with Crippen LogP contribution in [0.2, 0.25) is 0 Å². The van der Waals surface area contributed by atoms with Crippen LogP contribution in [0.4, 0.5) is 5.69 Å². The van der Waals surface area contributed by atoms with Gasteiger partial charge in [0.2, 0.25) is 0 Å². The minimum Gasteiger partial charge on any atom is -0.394 e. The second-order valence-corrected chi connectivity index (χ2v) is 7.28. The van der Waals surface area contributed by atoms with Crippen LogP contribution in [0.3, 0.4) is 0 Å². The number of aliphatic hydroxyl groups excluding tert-OH is 1. The predicted molar refractivity (Wildman–Crippen MR) is 109 cm³/mol. The Labute approximate surface area is 170 Å². The highest BCUT2D eigenvalue weighted by atomic mass is 32.2. The van der Waals surface area contributed by atoms with Crippen molar-refractivity contribution in [3.05, 3.63) is 54.1 Å². The van der Waals surface area contributed by atoms with Crippen molar-refractivity contribution in [1.82, 2.24) is 9.80 Å². The van der Waals surface area contributed by atoms with Gasteiger partial charge in [0.25, 0.3) is 0 Å². The van der Waals surface area contributed by atoms with Crippen LogP contribution >= 0.6 is 11.8 Å². The number of rotatable bonds is 5. The van der Waals surface area contributed by atoms with Crippen molar-refractivity contribution in [2.45, 2.75) is 9.79 Å². The summed E-state index contributed by atoms with van der Waals surface area (Å²) in [6, 6.07) is 15.5. The first-order valence-corrected chi connectivity index (χ1v) is 9.84. The Bertz CT molecular complexity index is 973. The second kappa shape index (κ2) is 8.89. The van der Waals surface area contributed by atoms with Gasteiger partial charge in [0.05, 0.1) is 28.2 Å². The molecule has 0 amide bonds. The molecule has 1 fully saturated rings. The van der Waals surface area contributed by atoms with E-state index in [0.29, 0.717) is 12.4 Å². The monoisotopic (exact) mass is 387 g/mol. The van der Waals surface area contributed by atoms with Crippen LogP contribution in [0.5, 0.6) is 0 Å². The SMILES string of the molecule is [2H]C1([2H])N(CCOCCO)CCN(C2=Nc3ccccc3Sc3ccccc32)C1([2H])[2H]. The summed E-state index contributed by atoms with van der Waals surface area (Å²) < 4.78 is 40.0. The highest BCUT2D eigenvalue weighted by molar-refractivity contribution is 7.99. The van der Waals surface area contributed by atoms with Crippen molar-refractivity contribution in [3.8, 4) is 0 Å². The Balaban J connectivity index is 1.70. The molecule has 1 N–H and O–H groups in total. The molecule has 0 atom stereocenters. The number of nitrogens with zero attached hydrogens (tertiary/aromatic N) is 3. The smallest absolute Gasteiger partial charge is 0.137 e. The molecule has 2 aliphatic rings. The van der Waals surface area contributed by atoms with Crippen LogP contribution in [-0.4, -0.2) is 73.2 Å². The Morgan fingerprint density at radius 1 is 1.04 bits per heavy atom. The molecule has 142 valence electrons. The molecule has 0 radical (unpaired) electrons. The van der Waals surface area contributed by atoms with Gasteiger partial charge in [-0.25, -0.2) is 4.99 Å². The molecule has 0 bridgehead atoms. The van der Waals surface area contributed by atoms with Gasteiger partial charge in [0.15, 0.2) is 0 Å². The Morgan fingerprint density at radius 3 is 2.74 bits per heavy atom. The molecule has 0 aromatic heterocycles. The third kappa shape index (κ3) is 4.35. The average Bonchev–Trinajstić information content (AvgIpc) is 2.91. The predicted octanol–water partition coefficient (Wildman–Crippen LogP) is 2.86. The Kier molecular flexibility index (Phi) is 4.67. The van der Waals surface area contributed by atoms with Gasteiger partial charge in [-0.1, -0.05) is 42.1 Å². The molecular formula is C21H25N3O2S. The van der Waals surface area contributed by atoms with Crippen molar-refractivity contribution in [3.63, 3.8) is 0 Å². The molecule has 6 heteroatoms. The summed E-state index contributed by atoms with van der Waals surface area (Å²) in [5.41, 5.74) is 1.54. The molecule has 2 aliphatic heterocycles. The van der Waals surface area contributed by atoms with Crippen molar-refractivity contribution in [2.24, 2.45) is 4.99 Å². The zero-order valence-electron chi connectivity index (χ0n) is 19.0. The molecule has 0 saturated carbocycles. The minimum absolute atomic E-state index is 0.0970. The van der Waals surface area contributed by atoms with Crippen molar-refractivity contribution >= 4 is 23.3 Å². The molecule has 2 heterocycles. The number of aliphatic imine (C=N–C) groups is 1. The summed E-state index contributed by atoms with van der Waals surface area (Å²) >= 11 is 1.58.